The van der Waals surface area contributed by atoms with E-state index in [0.717, 1.165) is 12.0 Å². The average molecular weight is 225 g/mol. The number of rotatable bonds is 5. The van der Waals surface area contributed by atoms with Gasteiger partial charge >= 0.3 is 0 Å². The summed E-state index contributed by atoms with van der Waals surface area (Å²) in [5.74, 6) is -0.194. The van der Waals surface area contributed by atoms with Crippen molar-refractivity contribution in [2.24, 2.45) is 5.73 Å². The van der Waals surface area contributed by atoms with Crippen LogP contribution < -0.4 is 5.73 Å². The Bertz CT molecular complexity index is 341. The second-order valence-corrected chi connectivity index (χ2v) is 3.94. The van der Waals surface area contributed by atoms with Crippen LogP contribution in [-0.2, 0) is 4.74 Å². The van der Waals surface area contributed by atoms with Crippen molar-refractivity contribution in [3.05, 3.63) is 35.1 Å². The van der Waals surface area contributed by atoms with Crippen molar-refractivity contribution >= 4 is 0 Å². The van der Waals surface area contributed by atoms with Gasteiger partial charge < -0.3 is 10.5 Å². The lowest BCUT2D eigenvalue weighted by Gasteiger charge is -2.23. The highest BCUT2D eigenvalue weighted by Crippen LogP contribution is 2.21. The molecule has 0 aliphatic carbocycles. The third-order valence-corrected chi connectivity index (χ3v) is 2.75. The van der Waals surface area contributed by atoms with Gasteiger partial charge in [0.05, 0.1) is 12.1 Å². The molecule has 2 atom stereocenters. The van der Waals surface area contributed by atoms with E-state index in [1.165, 1.54) is 6.07 Å². The van der Waals surface area contributed by atoms with Crippen LogP contribution in [0.5, 0.6) is 0 Å². The number of benzene rings is 1. The maximum absolute atomic E-state index is 13.1. The first-order chi connectivity index (χ1) is 7.60. The summed E-state index contributed by atoms with van der Waals surface area (Å²) in [6, 6.07) is 4.80. The summed E-state index contributed by atoms with van der Waals surface area (Å²) < 4.78 is 18.7. The van der Waals surface area contributed by atoms with Gasteiger partial charge in [-0.05, 0) is 37.5 Å². The van der Waals surface area contributed by atoms with E-state index in [4.69, 9.17) is 10.5 Å². The topological polar surface area (TPSA) is 35.2 Å². The number of nitrogens with two attached hydrogens (primary N) is 1. The zero-order valence-electron chi connectivity index (χ0n) is 10.2. The predicted octanol–water partition coefficient (Wildman–Crippen LogP) is 2.95. The molecule has 2 nitrogen and oxygen atoms in total. The molecule has 2 N–H and O–H groups in total. The Labute approximate surface area is 96.6 Å². The molecule has 0 saturated carbocycles. The molecule has 0 heterocycles. The summed E-state index contributed by atoms with van der Waals surface area (Å²) in [6.07, 6.45) is 0.848. The van der Waals surface area contributed by atoms with E-state index in [2.05, 4.69) is 0 Å². The van der Waals surface area contributed by atoms with E-state index in [0.29, 0.717) is 12.2 Å². The summed E-state index contributed by atoms with van der Waals surface area (Å²) in [6.45, 7) is 6.38. The Morgan fingerprint density at radius 3 is 2.56 bits per heavy atom. The molecule has 0 amide bonds. The maximum Gasteiger partial charge on any atom is 0.126 e. The van der Waals surface area contributed by atoms with E-state index in [-0.39, 0.29) is 18.0 Å². The lowest BCUT2D eigenvalue weighted by molar-refractivity contribution is 0.0413. The SMILES string of the molecule is CCOC(CC)C(N)c1ccc(F)c(C)c1. The molecule has 0 spiro atoms. The Balaban J connectivity index is 2.85. The molecular weight excluding hydrogens is 205 g/mol. The fourth-order valence-electron chi connectivity index (χ4n) is 1.78. The van der Waals surface area contributed by atoms with Crippen molar-refractivity contribution in [1.29, 1.82) is 0 Å². The average Bonchev–Trinajstić information content (AvgIpc) is 2.28. The monoisotopic (exact) mass is 225 g/mol. The molecule has 0 fully saturated rings. The van der Waals surface area contributed by atoms with Gasteiger partial charge in [0.15, 0.2) is 0 Å². The standard InChI is InChI=1S/C13H20FNO/c1-4-12(16-5-2)13(15)10-6-7-11(14)9(3)8-10/h6-8,12-13H,4-5,15H2,1-3H3. The third kappa shape index (κ3) is 3.03. The summed E-state index contributed by atoms with van der Waals surface area (Å²) in [7, 11) is 0. The number of hydrogen-bond acceptors (Lipinski definition) is 2. The van der Waals surface area contributed by atoms with Crippen LogP contribution in [-0.4, -0.2) is 12.7 Å². The second-order valence-electron chi connectivity index (χ2n) is 3.94. The Kier molecular flexibility index (Phi) is 4.90. The lowest BCUT2D eigenvalue weighted by Crippen LogP contribution is -2.28. The van der Waals surface area contributed by atoms with Crippen LogP contribution in [0.15, 0.2) is 18.2 Å². The minimum Gasteiger partial charge on any atom is -0.377 e. The molecule has 90 valence electrons. The van der Waals surface area contributed by atoms with E-state index in [1.54, 1.807) is 19.1 Å². The minimum absolute atomic E-state index is 0.00476. The molecule has 3 heteroatoms. The smallest absolute Gasteiger partial charge is 0.126 e. The van der Waals surface area contributed by atoms with Crippen LogP contribution in [0.3, 0.4) is 0 Å². The molecule has 1 aromatic carbocycles. The van der Waals surface area contributed by atoms with Crippen LogP contribution in [0.4, 0.5) is 4.39 Å². The molecule has 1 aromatic rings. The largest absolute Gasteiger partial charge is 0.377 e. The van der Waals surface area contributed by atoms with E-state index >= 15 is 0 Å². The van der Waals surface area contributed by atoms with Gasteiger partial charge in [0.1, 0.15) is 5.82 Å². The summed E-state index contributed by atoms with van der Waals surface area (Å²) >= 11 is 0. The van der Waals surface area contributed by atoms with Crippen molar-refractivity contribution in [2.45, 2.75) is 39.3 Å². The van der Waals surface area contributed by atoms with Crippen LogP contribution in [0.2, 0.25) is 0 Å². The molecule has 2 unspecified atom stereocenters. The van der Waals surface area contributed by atoms with Crippen molar-refractivity contribution in [2.75, 3.05) is 6.61 Å². The van der Waals surface area contributed by atoms with Gasteiger partial charge in [0.2, 0.25) is 0 Å². The fraction of sp³-hybridized carbons (Fsp3) is 0.538. The molecule has 1 rings (SSSR count). The molecule has 0 radical (unpaired) electrons. The highest BCUT2D eigenvalue weighted by molar-refractivity contribution is 5.27. The quantitative estimate of drug-likeness (QED) is 0.836. The number of aryl methyl sites for hydroxylation is 1. The van der Waals surface area contributed by atoms with Gasteiger partial charge in [-0.1, -0.05) is 19.1 Å². The number of halogens is 1. The molecule has 0 aliphatic rings. The molecule has 16 heavy (non-hydrogen) atoms. The third-order valence-electron chi connectivity index (χ3n) is 2.75. The van der Waals surface area contributed by atoms with Gasteiger partial charge in [-0.2, -0.15) is 0 Å². The summed E-state index contributed by atoms with van der Waals surface area (Å²) in [4.78, 5) is 0. The zero-order chi connectivity index (χ0) is 12.1. The van der Waals surface area contributed by atoms with Gasteiger partial charge in [-0.15, -0.1) is 0 Å². The van der Waals surface area contributed by atoms with E-state index in [1.807, 2.05) is 13.8 Å². The van der Waals surface area contributed by atoms with E-state index in [9.17, 15) is 4.39 Å². The van der Waals surface area contributed by atoms with Crippen LogP contribution in [0, 0.1) is 12.7 Å². The highest BCUT2D eigenvalue weighted by atomic mass is 19.1. The van der Waals surface area contributed by atoms with Crippen molar-refractivity contribution < 1.29 is 9.13 Å². The minimum atomic E-state index is -0.194. The summed E-state index contributed by atoms with van der Waals surface area (Å²) in [5.41, 5.74) is 7.66. The molecule has 0 aromatic heterocycles. The Hall–Kier alpha value is -0.930. The van der Waals surface area contributed by atoms with Gasteiger partial charge in [0.25, 0.3) is 0 Å². The van der Waals surface area contributed by atoms with Crippen molar-refractivity contribution in [1.82, 2.24) is 0 Å². The van der Waals surface area contributed by atoms with Crippen LogP contribution in [0.1, 0.15) is 37.4 Å². The highest BCUT2D eigenvalue weighted by Gasteiger charge is 2.18. The molecule has 0 saturated heterocycles. The Morgan fingerprint density at radius 1 is 1.38 bits per heavy atom. The normalized spacial score (nSPS) is 14.8. The first-order valence-corrected chi connectivity index (χ1v) is 5.73. The van der Waals surface area contributed by atoms with Gasteiger partial charge in [-0.3, -0.25) is 0 Å². The molecule has 0 bridgehead atoms. The number of ether oxygens (including phenoxy) is 1. The van der Waals surface area contributed by atoms with Gasteiger partial charge in [0, 0.05) is 6.61 Å². The first-order valence-electron chi connectivity index (χ1n) is 5.73. The Morgan fingerprint density at radius 2 is 2.06 bits per heavy atom. The zero-order valence-corrected chi connectivity index (χ0v) is 10.2. The van der Waals surface area contributed by atoms with Crippen LogP contribution in [0.25, 0.3) is 0 Å². The van der Waals surface area contributed by atoms with E-state index < -0.39 is 0 Å². The maximum atomic E-state index is 13.1. The van der Waals surface area contributed by atoms with Crippen molar-refractivity contribution in [3.8, 4) is 0 Å². The predicted molar refractivity (Wildman–Crippen MR) is 63.8 cm³/mol. The summed E-state index contributed by atoms with van der Waals surface area (Å²) in [5, 5.41) is 0. The second kappa shape index (κ2) is 5.97. The number of hydrogen-bond donors (Lipinski definition) is 1. The fourth-order valence-corrected chi connectivity index (χ4v) is 1.78. The van der Waals surface area contributed by atoms with Gasteiger partial charge in [-0.25, -0.2) is 4.39 Å². The van der Waals surface area contributed by atoms with Crippen molar-refractivity contribution in [3.63, 3.8) is 0 Å². The molecular formula is C13H20FNO. The van der Waals surface area contributed by atoms with Crippen LogP contribution >= 0.6 is 0 Å². The first kappa shape index (κ1) is 13.1. The lowest BCUT2D eigenvalue weighted by atomic mass is 9.99. The molecule has 0 aliphatic heterocycles.